The Labute approximate surface area is 194 Å². The van der Waals surface area contributed by atoms with Crippen molar-refractivity contribution in [3.8, 4) is 0 Å². The van der Waals surface area contributed by atoms with Gasteiger partial charge in [-0.2, -0.15) is 0 Å². The number of nitrogens with zero attached hydrogens (tertiary/aromatic N) is 3. The van der Waals surface area contributed by atoms with Crippen molar-refractivity contribution in [3.63, 3.8) is 0 Å². The number of aromatic nitrogens is 2. The number of carbonyl (C=O) groups excluding carboxylic acids is 2. The first-order valence-corrected chi connectivity index (χ1v) is 11.8. The van der Waals surface area contributed by atoms with Crippen molar-refractivity contribution in [1.82, 2.24) is 20.2 Å². The molecule has 8 heteroatoms. The van der Waals surface area contributed by atoms with E-state index in [2.05, 4.69) is 39.6 Å². The fraction of sp³-hybridized carbons (Fsp3) is 0.520. The number of nitrogens with one attached hydrogen (secondary N) is 1. The molecule has 1 aromatic carbocycles. The van der Waals surface area contributed by atoms with E-state index < -0.39 is 6.10 Å². The van der Waals surface area contributed by atoms with Crippen molar-refractivity contribution in [2.24, 2.45) is 5.92 Å². The van der Waals surface area contributed by atoms with E-state index in [4.69, 9.17) is 4.74 Å². The number of likely N-dealkylation sites (tertiary alicyclic amines) is 1. The molecule has 0 spiro atoms. The van der Waals surface area contributed by atoms with E-state index >= 15 is 0 Å². The molecule has 0 radical (unpaired) electrons. The van der Waals surface area contributed by atoms with Gasteiger partial charge < -0.3 is 20.1 Å². The Bertz CT molecular complexity index is 903. The molecule has 8 nitrogen and oxygen atoms in total. The maximum atomic E-state index is 12.9. The predicted molar refractivity (Wildman–Crippen MR) is 122 cm³/mol. The number of aliphatic hydroxyl groups excluding tert-OH is 1. The maximum absolute atomic E-state index is 12.9. The van der Waals surface area contributed by atoms with Crippen LogP contribution in [0.4, 0.5) is 0 Å². The summed E-state index contributed by atoms with van der Waals surface area (Å²) in [7, 11) is 0. The molecule has 2 aliphatic heterocycles. The second-order valence-electron chi connectivity index (χ2n) is 8.95. The zero-order valence-electron chi connectivity index (χ0n) is 18.8. The average Bonchev–Trinajstić information content (AvgIpc) is 2.86. The van der Waals surface area contributed by atoms with Gasteiger partial charge in [-0.25, -0.2) is 4.98 Å². The number of carbonyl (C=O) groups is 2. The highest BCUT2D eigenvalue weighted by molar-refractivity contribution is 5.92. The van der Waals surface area contributed by atoms with E-state index in [1.54, 1.807) is 0 Å². The fourth-order valence-corrected chi connectivity index (χ4v) is 4.76. The summed E-state index contributed by atoms with van der Waals surface area (Å²) < 4.78 is 6.00. The van der Waals surface area contributed by atoms with Crippen LogP contribution in [0.1, 0.15) is 48.2 Å². The molecule has 2 aliphatic rings. The molecule has 0 aliphatic carbocycles. The number of hydrogen-bond donors (Lipinski definition) is 2. The summed E-state index contributed by atoms with van der Waals surface area (Å²) >= 11 is 0. The van der Waals surface area contributed by atoms with Crippen molar-refractivity contribution in [2.45, 2.75) is 56.8 Å². The molecule has 2 fully saturated rings. The lowest BCUT2D eigenvalue weighted by atomic mass is 9.90. The molecule has 176 valence electrons. The van der Waals surface area contributed by atoms with Gasteiger partial charge in [0.1, 0.15) is 11.8 Å². The molecule has 1 aromatic heterocycles. The molecule has 33 heavy (non-hydrogen) atoms. The summed E-state index contributed by atoms with van der Waals surface area (Å²) in [6.07, 6.45) is 8.26. The molecule has 2 aromatic rings. The Hall–Kier alpha value is -2.84. The third-order valence-electron chi connectivity index (χ3n) is 6.64. The molecule has 0 bridgehead atoms. The van der Waals surface area contributed by atoms with Crippen LogP contribution in [-0.4, -0.2) is 69.7 Å². The van der Waals surface area contributed by atoms with Crippen molar-refractivity contribution >= 4 is 11.8 Å². The zero-order chi connectivity index (χ0) is 23.0. The smallest absolute Gasteiger partial charge is 0.271 e. The number of aliphatic hydroxyl groups is 1. The summed E-state index contributed by atoms with van der Waals surface area (Å²) in [5.74, 6) is 0.375. The van der Waals surface area contributed by atoms with E-state index in [-0.39, 0.29) is 36.3 Å². The quantitative estimate of drug-likeness (QED) is 0.666. The van der Waals surface area contributed by atoms with Crippen LogP contribution in [0.25, 0.3) is 0 Å². The Morgan fingerprint density at radius 3 is 2.58 bits per heavy atom. The van der Waals surface area contributed by atoms with E-state index in [0.717, 1.165) is 32.4 Å². The summed E-state index contributed by atoms with van der Waals surface area (Å²) in [4.78, 5) is 35.1. The van der Waals surface area contributed by atoms with Gasteiger partial charge in [0.05, 0.1) is 31.4 Å². The van der Waals surface area contributed by atoms with Gasteiger partial charge in [-0.1, -0.05) is 30.3 Å². The second-order valence-corrected chi connectivity index (χ2v) is 8.95. The first-order valence-electron chi connectivity index (χ1n) is 11.8. The van der Waals surface area contributed by atoms with Crippen molar-refractivity contribution in [2.75, 3.05) is 19.7 Å². The largest absolute Gasteiger partial charge is 0.394 e. The first-order chi connectivity index (χ1) is 16.1. The third kappa shape index (κ3) is 6.36. The topological polar surface area (TPSA) is 105 Å². The van der Waals surface area contributed by atoms with Crippen LogP contribution in [0.5, 0.6) is 0 Å². The van der Waals surface area contributed by atoms with Gasteiger partial charge in [-0.15, -0.1) is 0 Å². The van der Waals surface area contributed by atoms with E-state index in [9.17, 15) is 14.7 Å². The van der Waals surface area contributed by atoms with E-state index in [1.165, 1.54) is 24.2 Å². The number of ether oxygens (including phenoxy) is 1. The summed E-state index contributed by atoms with van der Waals surface area (Å²) in [6, 6.07) is 10.2. The standard InChI is InChI=1S/C25H32N4O4/c30-17-23-21(28-25(32)22-16-26-10-11-27-22)7-6-20(33-23)15-24(31)29-12-8-19(9-13-29)14-18-4-2-1-3-5-18/h1-5,10-11,16,19-21,23,30H,6-9,12-15,17H2,(H,28,32)/t20-,21+,23-/m1/s1. The van der Waals surface area contributed by atoms with Crippen LogP contribution in [0.15, 0.2) is 48.9 Å². The monoisotopic (exact) mass is 452 g/mol. The number of benzene rings is 1. The first kappa shape index (κ1) is 23.3. The summed E-state index contributed by atoms with van der Waals surface area (Å²) in [5.41, 5.74) is 1.58. The zero-order valence-corrected chi connectivity index (χ0v) is 18.8. The Kier molecular flexibility index (Phi) is 8.01. The van der Waals surface area contributed by atoms with Gasteiger partial charge in [-0.05, 0) is 43.6 Å². The molecule has 2 saturated heterocycles. The second kappa shape index (κ2) is 11.3. The van der Waals surface area contributed by atoms with Crippen molar-refractivity contribution in [3.05, 3.63) is 60.2 Å². The van der Waals surface area contributed by atoms with E-state index in [1.807, 2.05) is 11.0 Å². The lowest BCUT2D eigenvalue weighted by molar-refractivity contribution is -0.141. The number of hydrogen-bond acceptors (Lipinski definition) is 6. The van der Waals surface area contributed by atoms with Gasteiger partial charge in [0.25, 0.3) is 5.91 Å². The fourth-order valence-electron chi connectivity index (χ4n) is 4.76. The molecule has 0 saturated carbocycles. The highest BCUT2D eigenvalue weighted by Gasteiger charge is 2.34. The lowest BCUT2D eigenvalue weighted by Crippen LogP contribution is -2.52. The summed E-state index contributed by atoms with van der Waals surface area (Å²) in [6.45, 7) is 1.34. The third-order valence-corrected chi connectivity index (χ3v) is 6.64. The van der Waals surface area contributed by atoms with Crippen LogP contribution in [0.2, 0.25) is 0 Å². The van der Waals surface area contributed by atoms with Crippen molar-refractivity contribution < 1.29 is 19.4 Å². The van der Waals surface area contributed by atoms with Crippen LogP contribution < -0.4 is 5.32 Å². The lowest BCUT2D eigenvalue weighted by Gasteiger charge is -2.37. The predicted octanol–water partition coefficient (Wildman–Crippen LogP) is 1.99. The van der Waals surface area contributed by atoms with Gasteiger partial charge in [0.2, 0.25) is 5.91 Å². The molecule has 3 atom stereocenters. The molecule has 0 unspecified atom stereocenters. The normalized spacial score (nSPS) is 23.8. The SMILES string of the molecule is O=C(N[C@H]1CC[C@H](CC(=O)N2CCC(Cc3ccccc3)CC2)O[C@@H]1CO)c1cnccn1. The Morgan fingerprint density at radius 2 is 1.88 bits per heavy atom. The van der Waals surface area contributed by atoms with Crippen LogP contribution >= 0.6 is 0 Å². The minimum atomic E-state index is -0.547. The van der Waals surface area contributed by atoms with Gasteiger partial charge >= 0.3 is 0 Å². The minimum absolute atomic E-state index is 0.108. The van der Waals surface area contributed by atoms with Crippen LogP contribution in [-0.2, 0) is 16.0 Å². The maximum Gasteiger partial charge on any atom is 0.271 e. The molecule has 3 heterocycles. The number of amides is 2. The van der Waals surface area contributed by atoms with Crippen LogP contribution in [0.3, 0.4) is 0 Å². The van der Waals surface area contributed by atoms with Gasteiger partial charge in [0.15, 0.2) is 0 Å². The minimum Gasteiger partial charge on any atom is -0.394 e. The average molecular weight is 453 g/mol. The number of piperidine rings is 1. The van der Waals surface area contributed by atoms with Crippen LogP contribution in [0, 0.1) is 5.92 Å². The molecular formula is C25H32N4O4. The Balaban J connectivity index is 1.22. The molecule has 2 N–H and O–H groups in total. The molecular weight excluding hydrogens is 420 g/mol. The summed E-state index contributed by atoms with van der Waals surface area (Å²) in [5, 5.41) is 12.7. The molecule has 2 amide bonds. The van der Waals surface area contributed by atoms with Gasteiger partial charge in [0, 0.05) is 25.5 Å². The van der Waals surface area contributed by atoms with Gasteiger partial charge in [-0.3, -0.25) is 14.6 Å². The van der Waals surface area contributed by atoms with Crippen molar-refractivity contribution in [1.29, 1.82) is 0 Å². The highest BCUT2D eigenvalue weighted by atomic mass is 16.5. The number of rotatable bonds is 7. The highest BCUT2D eigenvalue weighted by Crippen LogP contribution is 2.25. The van der Waals surface area contributed by atoms with E-state index in [0.29, 0.717) is 25.2 Å². The Morgan fingerprint density at radius 1 is 1.09 bits per heavy atom. The molecule has 4 rings (SSSR count).